The second-order valence-electron chi connectivity index (χ2n) is 5.12. The van der Waals surface area contributed by atoms with Gasteiger partial charge < -0.3 is 18.6 Å². The van der Waals surface area contributed by atoms with Gasteiger partial charge in [0.05, 0.1) is 0 Å². The molecular formula is C9H18B3O4. The molecule has 0 spiro atoms. The number of rotatable bonds is 2. The Morgan fingerprint density at radius 3 is 2.31 bits per heavy atom. The molecule has 0 aromatic heterocycles. The lowest BCUT2D eigenvalue weighted by atomic mass is 9.23. The minimum absolute atomic E-state index is 0.191. The van der Waals surface area contributed by atoms with Crippen LogP contribution in [0.4, 0.5) is 0 Å². The molecule has 0 bridgehead atoms. The fraction of sp³-hybridized carbons (Fsp3) is 1.00. The zero-order valence-electron chi connectivity index (χ0n) is 10.1. The Bertz CT molecular complexity index is 221. The average molecular weight is 223 g/mol. The molecule has 87 valence electrons. The second kappa shape index (κ2) is 5.58. The average Bonchev–Trinajstić information content (AvgIpc) is 2.42. The summed E-state index contributed by atoms with van der Waals surface area (Å²) in [6.45, 7) is 7.30. The summed E-state index contributed by atoms with van der Waals surface area (Å²) in [5, 5.41) is 0. The van der Waals surface area contributed by atoms with Gasteiger partial charge >= 0.3 is 14.0 Å². The van der Waals surface area contributed by atoms with Crippen molar-refractivity contribution in [1.82, 2.24) is 0 Å². The molecule has 2 aliphatic rings. The van der Waals surface area contributed by atoms with Gasteiger partial charge in [-0.25, -0.2) is 0 Å². The lowest BCUT2D eigenvalue weighted by Crippen LogP contribution is -2.46. The van der Waals surface area contributed by atoms with Crippen molar-refractivity contribution in [2.45, 2.75) is 26.7 Å². The maximum Gasteiger partial charge on any atom is 0.395 e. The molecule has 0 aromatic carbocycles. The van der Waals surface area contributed by atoms with E-state index in [9.17, 15) is 0 Å². The van der Waals surface area contributed by atoms with E-state index in [0.29, 0.717) is 6.61 Å². The summed E-state index contributed by atoms with van der Waals surface area (Å²) in [6, 6.07) is 0. The maximum atomic E-state index is 5.68. The lowest BCUT2D eigenvalue weighted by molar-refractivity contribution is 0.147. The Labute approximate surface area is 98.8 Å². The van der Waals surface area contributed by atoms with E-state index in [1.165, 1.54) is 0 Å². The van der Waals surface area contributed by atoms with Crippen LogP contribution in [0, 0.1) is 5.41 Å². The minimum Gasteiger partial charge on any atom is -0.418 e. The van der Waals surface area contributed by atoms with Crippen molar-refractivity contribution < 1.29 is 18.6 Å². The van der Waals surface area contributed by atoms with Crippen molar-refractivity contribution in [3.05, 3.63) is 0 Å². The summed E-state index contributed by atoms with van der Waals surface area (Å²) in [4.78, 5) is 0. The van der Waals surface area contributed by atoms with Crippen LogP contribution in [0.5, 0.6) is 0 Å². The highest BCUT2D eigenvalue weighted by molar-refractivity contribution is 7.35. The lowest BCUT2D eigenvalue weighted by Gasteiger charge is -2.22. The largest absolute Gasteiger partial charge is 0.418 e. The number of hydrogen-bond donors (Lipinski definition) is 0. The Hall–Kier alpha value is 0.0348. The molecule has 0 saturated carbocycles. The Kier molecular flexibility index (Phi) is 4.36. The van der Waals surface area contributed by atoms with Crippen molar-refractivity contribution in [3.8, 4) is 0 Å². The standard InChI is InChI=1S/C9H18B3O4/c1-9(2)4-7-15-12(16-8-9)10-11-13-5-3-6-14-11/h3-8H2,1-2H3. The molecule has 4 nitrogen and oxygen atoms in total. The topological polar surface area (TPSA) is 36.9 Å². The fourth-order valence-corrected chi connectivity index (χ4v) is 1.74. The smallest absolute Gasteiger partial charge is 0.395 e. The summed E-state index contributed by atoms with van der Waals surface area (Å²) < 4.78 is 22.2. The molecule has 2 saturated heterocycles. The van der Waals surface area contributed by atoms with E-state index >= 15 is 0 Å². The first-order valence-electron chi connectivity index (χ1n) is 5.97. The molecule has 0 atom stereocenters. The SMILES string of the molecule is CC1(C)CCOB([B]B2OCCCO2)OC1. The first-order chi connectivity index (χ1) is 7.66. The van der Waals surface area contributed by atoms with Crippen molar-refractivity contribution in [2.75, 3.05) is 26.4 Å². The molecule has 0 aromatic rings. The highest BCUT2D eigenvalue weighted by Crippen LogP contribution is 2.23. The predicted octanol–water partition coefficient (Wildman–Crippen LogP) is 0.560. The van der Waals surface area contributed by atoms with Gasteiger partial charge in [-0.1, -0.05) is 13.8 Å². The zero-order valence-corrected chi connectivity index (χ0v) is 10.1. The third-order valence-corrected chi connectivity index (χ3v) is 2.87. The van der Waals surface area contributed by atoms with Crippen molar-refractivity contribution in [2.24, 2.45) is 5.41 Å². The first kappa shape index (κ1) is 12.5. The molecule has 0 N–H and O–H groups in total. The molecule has 0 amide bonds. The van der Waals surface area contributed by atoms with Crippen LogP contribution >= 0.6 is 0 Å². The van der Waals surface area contributed by atoms with Crippen LogP contribution in [0.25, 0.3) is 0 Å². The normalized spacial score (nSPS) is 26.4. The third kappa shape index (κ3) is 3.80. The van der Waals surface area contributed by atoms with Crippen LogP contribution in [0.1, 0.15) is 26.7 Å². The molecule has 1 radical (unpaired) electrons. The van der Waals surface area contributed by atoms with Crippen LogP contribution in [-0.4, -0.2) is 47.5 Å². The van der Waals surface area contributed by atoms with Gasteiger partial charge in [-0.15, -0.1) is 0 Å². The van der Waals surface area contributed by atoms with E-state index in [1.54, 1.807) is 0 Å². The van der Waals surface area contributed by atoms with Gasteiger partial charge in [0.15, 0.2) is 0 Å². The Balaban J connectivity index is 1.76. The Morgan fingerprint density at radius 1 is 0.938 bits per heavy atom. The van der Waals surface area contributed by atoms with Gasteiger partial charge in [0.2, 0.25) is 7.06 Å². The van der Waals surface area contributed by atoms with E-state index in [1.807, 2.05) is 7.06 Å². The summed E-state index contributed by atoms with van der Waals surface area (Å²) in [5.41, 5.74) is 0.191. The van der Waals surface area contributed by atoms with Gasteiger partial charge in [-0.2, -0.15) is 0 Å². The number of hydrogen-bond acceptors (Lipinski definition) is 4. The molecule has 0 aliphatic carbocycles. The van der Waals surface area contributed by atoms with E-state index in [0.717, 1.165) is 32.7 Å². The van der Waals surface area contributed by atoms with E-state index in [4.69, 9.17) is 18.6 Å². The van der Waals surface area contributed by atoms with Crippen LogP contribution in [0.3, 0.4) is 0 Å². The fourth-order valence-electron chi connectivity index (χ4n) is 1.74. The molecule has 2 aliphatic heterocycles. The van der Waals surface area contributed by atoms with Gasteiger partial charge in [0, 0.05) is 26.4 Å². The summed E-state index contributed by atoms with van der Waals surface area (Å²) >= 11 is 0. The molecule has 7 heteroatoms. The van der Waals surface area contributed by atoms with Crippen molar-refractivity contribution >= 4 is 21.1 Å². The second-order valence-corrected chi connectivity index (χ2v) is 5.12. The van der Waals surface area contributed by atoms with E-state index in [-0.39, 0.29) is 19.4 Å². The van der Waals surface area contributed by atoms with Gasteiger partial charge in [-0.3, -0.25) is 0 Å². The first-order valence-corrected chi connectivity index (χ1v) is 5.97. The molecular weight excluding hydrogens is 205 g/mol. The van der Waals surface area contributed by atoms with E-state index < -0.39 is 0 Å². The van der Waals surface area contributed by atoms with E-state index in [2.05, 4.69) is 13.8 Å². The minimum atomic E-state index is -0.301. The summed E-state index contributed by atoms with van der Waals surface area (Å²) in [6.07, 6.45) is 1.98. The van der Waals surface area contributed by atoms with Gasteiger partial charge in [0.1, 0.15) is 0 Å². The summed E-state index contributed by atoms with van der Waals surface area (Å²) in [5.74, 6) is 0. The molecule has 0 unspecified atom stereocenters. The maximum absolute atomic E-state index is 5.68. The monoisotopic (exact) mass is 223 g/mol. The van der Waals surface area contributed by atoms with Crippen molar-refractivity contribution in [1.29, 1.82) is 0 Å². The van der Waals surface area contributed by atoms with Gasteiger partial charge in [-0.05, 0) is 18.3 Å². The van der Waals surface area contributed by atoms with Crippen LogP contribution < -0.4 is 0 Å². The van der Waals surface area contributed by atoms with Crippen LogP contribution in [-0.2, 0) is 18.6 Å². The molecule has 16 heavy (non-hydrogen) atoms. The third-order valence-electron chi connectivity index (χ3n) is 2.87. The predicted molar refractivity (Wildman–Crippen MR) is 64.1 cm³/mol. The zero-order chi connectivity index (χ0) is 11.4. The summed E-state index contributed by atoms with van der Waals surface area (Å²) in [7, 11) is 1.28. The highest BCUT2D eigenvalue weighted by Gasteiger charge is 2.35. The van der Waals surface area contributed by atoms with Crippen LogP contribution in [0.2, 0.25) is 0 Å². The molecule has 2 fully saturated rings. The highest BCUT2D eigenvalue weighted by atomic mass is 16.6. The Morgan fingerprint density at radius 2 is 1.56 bits per heavy atom. The molecule has 2 heterocycles. The quantitative estimate of drug-likeness (QED) is 0.640. The van der Waals surface area contributed by atoms with Crippen LogP contribution in [0.15, 0.2) is 0 Å². The molecule has 2 rings (SSSR count). The van der Waals surface area contributed by atoms with Crippen molar-refractivity contribution in [3.63, 3.8) is 0 Å². The van der Waals surface area contributed by atoms with Gasteiger partial charge in [0.25, 0.3) is 0 Å².